The molecule has 3 aromatic rings. The summed E-state index contributed by atoms with van der Waals surface area (Å²) in [6.07, 6.45) is 2.30. The number of carbonyl (C=O) groups excluding carboxylic acids is 2. The van der Waals surface area contributed by atoms with Crippen LogP contribution in [0.5, 0.6) is 5.75 Å². The minimum atomic E-state index is -0.659. The zero-order valence-electron chi connectivity index (χ0n) is 22.6. The Kier molecular flexibility index (Phi) is 10.3. The first kappa shape index (κ1) is 28.0. The van der Waals surface area contributed by atoms with E-state index in [1.165, 1.54) is 0 Å². The molecule has 3 aromatic carbocycles. The fraction of sp³-hybridized carbons (Fsp3) is 0.375. The van der Waals surface area contributed by atoms with Crippen LogP contribution in [0.25, 0.3) is 0 Å². The maximum atomic E-state index is 13.8. The van der Waals surface area contributed by atoms with Crippen molar-refractivity contribution in [1.82, 2.24) is 10.2 Å². The lowest BCUT2D eigenvalue weighted by molar-refractivity contribution is -0.142. The SMILES string of the molecule is CCCCNC(=O)[C@@H](Cc1ccccc1)N(Cc1ccccc1)C(=O)COc1ccccc1C(C)(C)C. The number of unbranched alkanes of at least 4 members (excludes halogenated alkanes) is 1. The van der Waals surface area contributed by atoms with Gasteiger partial charge in [0.2, 0.25) is 5.91 Å². The van der Waals surface area contributed by atoms with E-state index in [2.05, 4.69) is 33.0 Å². The molecule has 0 aliphatic rings. The Bertz CT molecular complexity index is 1120. The number of nitrogens with one attached hydrogen (secondary N) is 1. The predicted molar refractivity (Wildman–Crippen MR) is 149 cm³/mol. The first-order chi connectivity index (χ1) is 17.8. The molecule has 0 radical (unpaired) electrons. The second-order valence-corrected chi connectivity index (χ2v) is 10.4. The molecule has 0 unspecified atom stereocenters. The molecular weight excluding hydrogens is 460 g/mol. The van der Waals surface area contributed by atoms with Crippen LogP contribution in [0.4, 0.5) is 0 Å². The summed E-state index contributed by atoms with van der Waals surface area (Å²) in [6, 6.07) is 26.8. The van der Waals surface area contributed by atoms with E-state index in [0.717, 1.165) is 29.5 Å². The summed E-state index contributed by atoms with van der Waals surface area (Å²) < 4.78 is 6.10. The van der Waals surface area contributed by atoms with Gasteiger partial charge in [-0.3, -0.25) is 9.59 Å². The van der Waals surface area contributed by atoms with Crippen LogP contribution < -0.4 is 10.1 Å². The molecule has 196 valence electrons. The van der Waals surface area contributed by atoms with Crippen molar-refractivity contribution in [2.45, 2.75) is 65.0 Å². The van der Waals surface area contributed by atoms with Crippen molar-refractivity contribution in [3.05, 3.63) is 102 Å². The number of hydrogen-bond acceptors (Lipinski definition) is 3. The van der Waals surface area contributed by atoms with Gasteiger partial charge in [0.05, 0.1) is 0 Å². The fourth-order valence-electron chi connectivity index (χ4n) is 4.27. The molecule has 1 N–H and O–H groups in total. The smallest absolute Gasteiger partial charge is 0.261 e. The Morgan fingerprint density at radius 3 is 2.08 bits per heavy atom. The summed E-state index contributed by atoms with van der Waals surface area (Å²) in [5.41, 5.74) is 2.88. The van der Waals surface area contributed by atoms with Gasteiger partial charge in [-0.2, -0.15) is 0 Å². The third-order valence-corrected chi connectivity index (χ3v) is 6.34. The number of ether oxygens (including phenoxy) is 1. The molecule has 0 saturated heterocycles. The molecule has 0 spiro atoms. The van der Waals surface area contributed by atoms with Gasteiger partial charge < -0.3 is 15.0 Å². The van der Waals surface area contributed by atoms with Gasteiger partial charge in [0.15, 0.2) is 6.61 Å². The average molecular weight is 501 g/mol. The summed E-state index contributed by atoms with van der Waals surface area (Å²) in [7, 11) is 0. The number of amides is 2. The van der Waals surface area contributed by atoms with Crippen LogP contribution in [0.2, 0.25) is 0 Å². The monoisotopic (exact) mass is 500 g/mol. The van der Waals surface area contributed by atoms with E-state index < -0.39 is 6.04 Å². The number of nitrogens with zero attached hydrogens (tertiary/aromatic N) is 1. The van der Waals surface area contributed by atoms with Gasteiger partial charge >= 0.3 is 0 Å². The maximum Gasteiger partial charge on any atom is 0.261 e. The standard InChI is InChI=1S/C32H40N2O3/c1-5-6-21-33-31(36)28(22-25-15-9-7-10-16-25)34(23-26-17-11-8-12-18-26)30(35)24-37-29-20-14-13-19-27(29)32(2,3)4/h7-20,28H,5-6,21-24H2,1-4H3,(H,33,36)/t28-/m1/s1. The van der Waals surface area contributed by atoms with Gasteiger partial charge in [-0.05, 0) is 34.6 Å². The van der Waals surface area contributed by atoms with Gasteiger partial charge in [0.1, 0.15) is 11.8 Å². The highest BCUT2D eigenvalue weighted by molar-refractivity contribution is 5.88. The van der Waals surface area contributed by atoms with Crippen molar-refractivity contribution >= 4 is 11.8 Å². The molecule has 0 bridgehead atoms. The van der Waals surface area contributed by atoms with Crippen molar-refractivity contribution in [3.8, 4) is 5.75 Å². The van der Waals surface area contributed by atoms with E-state index in [1.807, 2.05) is 84.9 Å². The van der Waals surface area contributed by atoms with Crippen LogP contribution in [-0.4, -0.2) is 35.9 Å². The quantitative estimate of drug-likeness (QED) is 0.314. The van der Waals surface area contributed by atoms with Crippen LogP contribution in [0.1, 0.15) is 57.2 Å². The van der Waals surface area contributed by atoms with Crippen LogP contribution in [0.3, 0.4) is 0 Å². The predicted octanol–water partition coefficient (Wildman–Crippen LogP) is 5.92. The largest absolute Gasteiger partial charge is 0.483 e. The maximum absolute atomic E-state index is 13.8. The Morgan fingerprint density at radius 2 is 1.46 bits per heavy atom. The second-order valence-electron chi connectivity index (χ2n) is 10.4. The first-order valence-electron chi connectivity index (χ1n) is 13.2. The summed E-state index contributed by atoms with van der Waals surface area (Å²) >= 11 is 0. The zero-order valence-corrected chi connectivity index (χ0v) is 22.6. The highest BCUT2D eigenvalue weighted by Gasteiger charge is 2.31. The lowest BCUT2D eigenvalue weighted by atomic mass is 9.86. The highest BCUT2D eigenvalue weighted by atomic mass is 16.5. The van der Waals surface area contributed by atoms with Crippen molar-refractivity contribution in [1.29, 1.82) is 0 Å². The van der Waals surface area contributed by atoms with Gasteiger partial charge in [-0.1, -0.05) is 113 Å². The van der Waals surface area contributed by atoms with Crippen LogP contribution in [-0.2, 0) is 28.0 Å². The van der Waals surface area contributed by atoms with Crippen molar-refractivity contribution < 1.29 is 14.3 Å². The first-order valence-corrected chi connectivity index (χ1v) is 13.2. The minimum absolute atomic E-state index is 0.127. The molecular formula is C32H40N2O3. The Balaban J connectivity index is 1.90. The van der Waals surface area contributed by atoms with Crippen molar-refractivity contribution in [2.75, 3.05) is 13.2 Å². The Morgan fingerprint density at radius 1 is 0.865 bits per heavy atom. The summed E-state index contributed by atoms with van der Waals surface area (Å²) in [5, 5.41) is 3.05. The summed E-state index contributed by atoms with van der Waals surface area (Å²) in [5.74, 6) is 0.325. The van der Waals surface area contributed by atoms with E-state index in [1.54, 1.807) is 4.90 Å². The number of para-hydroxylation sites is 1. The van der Waals surface area contributed by atoms with Gasteiger partial charge in [-0.25, -0.2) is 0 Å². The van der Waals surface area contributed by atoms with Crippen molar-refractivity contribution in [3.63, 3.8) is 0 Å². The van der Waals surface area contributed by atoms with Gasteiger partial charge in [0, 0.05) is 19.5 Å². The normalized spacial score (nSPS) is 12.0. The zero-order chi connectivity index (χ0) is 26.7. The number of rotatable bonds is 12. The topological polar surface area (TPSA) is 58.6 Å². The molecule has 3 rings (SSSR count). The highest BCUT2D eigenvalue weighted by Crippen LogP contribution is 2.31. The number of carbonyl (C=O) groups is 2. The number of benzene rings is 3. The Hall–Kier alpha value is -3.60. The summed E-state index contributed by atoms with van der Waals surface area (Å²) in [4.78, 5) is 28.9. The van der Waals surface area contributed by atoms with Gasteiger partial charge in [0.25, 0.3) is 5.91 Å². The van der Waals surface area contributed by atoms with E-state index in [0.29, 0.717) is 25.3 Å². The molecule has 0 heterocycles. The molecule has 2 amide bonds. The van der Waals surface area contributed by atoms with Crippen LogP contribution in [0, 0.1) is 0 Å². The number of hydrogen-bond donors (Lipinski definition) is 1. The van der Waals surface area contributed by atoms with Crippen molar-refractivity contribution in [2.24, 2.45) is 0 Å². The molecule has 0 aliphatic heterocycles. The van der Waals surface area contributed by atoms with E-state index >= 15 is 0 Å². The Labute approximate surface area is 221 Å². The third-order valence-electron chi connectivity index (χ3n) is 6.34. The third kappa shape index (κ3) is 8.49. The molecule has 5 heteroatoms. The molecule has 0 aromatic heterocycles. The van der Waals surface area contributed by atoms with E-state index in [4.69, 9.17) is 4.74 Å². The molecule has 0 saturated carbocycles. The lowest BCUT2D eigenvalue weighted by Gasteiger charge is -2.32. The van der Waals surface area contributed by atoms with Crippen LogP contribution in [0.15, 0.2) is 84.9 Å². The summed E-state index contributed by atoms with van der Waals surface area (Å²) in [6.45, 7) is 9.21. The molecule has 5 nitrogen and oxygen atoms in total. The lowest BCUT2D eigenvalue weighted by Crippen LogP contribution is -2.51. The minimum Gasteiger partial charge on any atom is -0.483 e. The molecule has 1 atom stereocenters. The second kappa shape index (κ2) is 13.6. The molecule has 37 heavy (non-hydrogen) atoms. The van der Waals surface area contributed by atoms with E-state index in [-0.39, 0.29) is 23.8 Å². The molecule has 0 aliphatic carbocycles. The van der Waals surface area contributed by atoms with Gasteiger partial charge in [-0.15, -0.1) is 0 Å². The molecule has 0 fully saturated rings. The van der Waals surface area contributed by atoms with E-state index in [9.17, 15) is 9.59 Å². The fourth-order valence-corrected chi connectivity index (χ4v) is 4.27. The van der Waals surface area contributed by atoms with Crippen LogP contribution >= 0.6 is 0 Å². The average Bonchev–Trinajstić information content (AvgIpc) is 2.90.